The number of aromatic nitrogens is 2. The molecule has 0 aromatic carbocycles. The van der Waals surface area contributed by atoms with Gasteiger partial charge in [0.25, 0.3) is 0 Å². The maximum absolute atomic E-state index is 13.2. The van der Waals surface area contributed by atoms with E-state index in [0.29, 0.717) is 28.1 Å². The molecule has 0 aliphatic carbocycles. The van der Waals surface area contributed by atoms with Gasteiger partial charge in [-0.25, -0.2) is 9.78 Å². The lowest BCUT2D eigenvalue weighted by molar-refractivity contribution is -0.120. The minimum atomic E-state index is -2.05. The lowest BCUT2D eigenvalue weighted by atomic mass is 9.95. The van der Waals surface area contributed by atoms with E-state index >= 15 is 0 Å². The van der Waals surface area contributed by atoms with Crippen LogP contribution in [0.2, 0.25) is 16.6 Å². The number of carboxylic acid groups (broad SMARTS) is 1. The SMILES string of the molecule is Cc1cncc(C)c1-c1ccc(NC(=O)C(C)N(CC(C)(C)C)C(=O)O)nc1C#C[Si](C(C)C)(C(C)C)C(C)C. The Morgan fingerprint density at radius 2 is 1.50 bits per heavy atom. The molecule has 1 atom stereocenters. The Balaban J connectivity index is 2.66. The van der Waals surface area contributed by atoms with Crippen LogP contribution >= 0.6 is 0 Å². The van der Waals surface area contributed by atoms with E-state index in [2.05, 4.69) is 63.3 Å². The largest absolute Gasteiger partial charge is 0.465 e. The first-order chi connectivity index (χ1) is 18.4. The summed E-state index contributed by atoms with van der Waals surface area (Å²) >= 11 is 0. The van der Waals surface area contributed by atoms with Crippen molar-refractivity contribution in [3.63, 3.8) is 0 Å². The molecule has 2 heterocycles. The molecule has 0 saturated heterocycles. The van der Waals surface area contributed by atoms with Gasteiger partial charge in [0.15, 0.2) is 0 Å². The molecule has 8 heteroatoms. The summed E-state index contributed by atoms with van der Waals surface area (Å²) in [4.78, 5) is 35.5. The Hall–Kier alpha value is -3.18. The van der Waals surface area contributed by atoms with Gasteiger partial charge in [0.2, 0.25) is 5.91 Å². The number of amides is 2. The summed E-state index contributed by atoms with van der Waals surface area (Å²) in [6.45, 7) is 25.3. The monoisotopic (exact) mass is 564 g/mol. The van der Waals surface area contributed by atoms with Crippen LogP contribution in [0.4, 0.5) is 10.6 Å². The van der Waals surface area contributed by atoms with E-state index in [1.54, 1.807) is 13.0 Å². The predicted octanol–water partition coefficient (Wildman–Crippen LogP) is 7.68. The Kier molecular flexibility index (Phi) is 10.7. The second kappa shape index (κ2) is 13.0. The fraction of sp³-hybridized carbons (Fsp3) is 0.562. The maximum atomic E-state index is 13.2. The molecule has 0 radical (unpaired) electrons. The summed E-state index contributed by atoms with van der Waals surface area (Å²) in [7, 11) is -2.05. The number of carbonyl (C=O) groups excluding carboxylic acids is 1. The highest BCUT2D eigenvalue weighted by molar-refractivity contribution is 6.90. The standard InChI is InChI=1S/C32H48N4O3Si/c1-20(2)40(21(3)4,22(5)6)16-15-27-26(29-23(7)17-33-18-24(29)8)13-14-28(34-27)35-30(37)25(9)36(31(38)39)19-32(10,11)12/h13-14,17-18,20-22,25H,19H2,1-12H3,(H,38,39)(H,34,35,37). The summed E-state index contributed by atoms with van der Waals surface area (Å²) < 4.78 is 0. The lowest BCUT2D eigenvalue weighted by Gasteiger charge is -2.38. The van der Waals surface area contributed by atoms with Gasteiger partial charge in [0.05, 0.1) is 0 Å². The van der Waals surface area contributed by atoms with Crippen LogP contribution in [0.1, 0.15) is 86.1 Å². The van der Waals surface area contributed by atoms with Crippen LogP contribution in [0.3, 0.4) is 0 Å². The number of carbonyl (C=O) groups is 2. The molecule has 2 aromatic rings. The molecule has 0 bridgehead atoms. The number of nitrogens with one attached hydrogen (secondary N) is 1. The van der Waals surface area contributed by atoms with Gasteiger partial charge in [0, 0.05) is 24.5 Å². The first-order valence-electron chi connectivity index (χ1n) is 14.2. The second-order valence-corrected chi connectivity index (χ2v) is 18.6. The summed E-state index contributed by atoms with van der Waals surface area (Å²) in [5.41, 5.74) is 9.43. The molecule has 0 aliphatic rings. The zero-order valence-corrected chi connectivity index (χ0v) is 27.4. The Bertz CT molecular complexity index is 1240. The average molecular weight is 565 g/mol. The van der Waals surface area contributed by atoms with Gasteiger partial charge < -0.3 is 10.4 Å². The number of aryl methyl sites for hydroxylation is 2. The molecule has 2 amide bonds. The van der Waals surface area contributed by atoms with Crippen LogP contribution < -0.4 is 5.32 Å². The minimum absolute atomic E-state index is 0.229. The van der Waals surface area contributed by atoms with E-state index in [1.807, 2.05) is 53.1 Å². The second-order valence-electron chi connectivity index (χ2n) is 13.0. The third-order valence-electron chi connectivity index (χ3n) is 7.74. The van der Waals surface area contributed by atoms with E-state index in [1.165, 1.54) is 4.90 Å². The maximum Gasteiger partial charge on any atom is 0.407 e. The van der Waals surface area contributed by atoms with Crippen molar-refractivity contribution in [3.8, 4) is 22.6 Å². The van der Waals surface area contributed by atoms with E-state index in [0.717, 1.165) is 22.3 Å². The molecule has 2 rings (SSSR count). The van der Waals surface area contributed by atoms with E-state index in [4.69, 9.17) is 4.98 Å². The van der Waals surface area contributed by atoms with Crippen LogP contribution in [0.25, 0.3) is 11.1 Å². The normalized spacial score (nSPS) is 12.8. The average Bonchev–Trinajstić information content (AvgIpc) is 2.82. The van der Waals surface area contributed by atoms with Crippen LogP contribution in [-0.2, 0) is 4.79 Å². The van der Waals surface area contributed by atoms with Gasteiger partial charge in [-0.1, -0.05) is 68.2 Å². The number of rotatable bonds is 8. The van der Waals surface area contributed by atoms with Crippen molar-refractivity contribution in [1.82, 2.24) is 14.9 Å². The van der Waals surface area contributed by atoms with Crippen molar-refractivity contribution in [1.29, 1.82) is 0 Å². The predicted molar refractivity (Wildman–Crippen MR) is 167 cm³/mol. The Morgan fingerprint density at radius 1 is 0.975 bits per heavy atom. The topological polar surface area (TPSA) is 95.4 Å². The molecule has 2 N–H and O–H groups in total. The van der Waals surface area contributed by atoms with Crippen molar-refractivity contribution >= 4 is 25.9 Å². The van der Waals surface area contributed by atoms with Gasteiger partial charge in [0.1, 0.15) is 25.6 Å². The molecule has 218 valence electrons. The van der Waals surface area contributed by atoms with Crippen molar-refractivity contribution < 1.29 is 14.7 Å². The third-order valence-corrected chi connectivity index (χ3v) is 14.0. The number of nitrogens with zero attached hydrogens (tertiary/aromatic N) is 3. The number of hydrogen-bond donors (Lipinski definition) is 2. The van der Waals surface area contributed by atoms with Gasteiger partial charge in [-0.05, 0) is 71.6 Å². The quantitative estimate of drug-likeness (QED) is 0.253. The van der Waals surface area contributed by atoms with Crippen LogP contribution in [-0.4, -0.2) is 52.6 Å². The highest BCUT2D eigenvalue weighted by Crippen LogP contribution is 2.41. The first-order valence-corrected chi connectivity index (χ1v) is 16.4. The molecule has 7 nitrogen and oxygen atoms in total. The molecular formula is C32H48N4O3Si. The Morgan fingerprint density at radius 3 is 1.95 bits per heavy atom. The van der Waals surface area contributed by atoms with Crippen LogP contribution in [0, 0.1) is 30.7 Å². The van der Waals surface area contributed by atoms with E-state index < -0.39 is 26.1 Å². The molecule has 2 aromatic heterocycles. The number of hydrogen-bond acceptors (Lipinski definition) is 4. The molecule has 0 aliphatic heterocycles. The van der Waals surface area contributed by atoms with Gasteiger partial charge >= 0.3 is 6.09 Å². The Labute approximate surface area is 242 Å². The van der Waals surface area contributed by atoms with Gasteiger partial charge in [-0.2, -0.15) is 0 Å². The first kappa shape index (κ1) is 33.0. The fourth-order valence-corrected chi connectivity index (χ4v) is 11.0. The van der Waals surface area contributed by atoms with E-state index in [-0.39, 0.29) is 12.0 Å². The molecule has 0 fully saturated rings. The van der Waals surface area contributed by atoms with Crippen LogP contribution in [0.15, 0.2) is 24.5 Å². The van der Waals surface area contributed by atoms with E-state index in [9.17, 15) is 14.7 Å². The third kappa shape index (κ3) is 7.51. The fourth-order valence-electron chi connectivity index (χ4n) is 5.81. The van der Waals surface area contributed by atoms with Gasteiger partial charge in [-0.3, -0.25) is 14.7 Å². The summed E-state index contributed by atoms with van der Waals surface area (Å²) in [5.74, 6) is 3.41. The molecule has 40 heavy (non-hydrogen) atoms. The summed E-state index contributed by atoms with van der Waals surface area (Å²) in [6, 6.07) is 2.82. The lowest BCUT2D eigenvalue weighted by Crippen LogP contribution is -2.48. The van der Waals surface area contributed by atoms with Crippen molar-refractivity contribution in [3.05, 3.63) is 41.3 Å². The van der Waals surface area contributed by atoms with Gasteiger partial charge in [-0.15, -0.1) is 5.54 Å². The molecule has 0 saturated carbocycles. The zero-order valence-electron chi connectivity index (χ0n) is 26.4. The van der Waals surface area contributed by atoms with Crippen molar-refractivity contribution in [2.75, 3.05) is 11.9 Å². The highest BCUT2D eigenvalue weighted by atomic mass is 28.3. The highest BCUT2D eigenvalue weighted by Gasteiger charge is 2.41. The molecule has 0 spiro atoms. The minimum Gasteiger partial charge on any atom is -0.465 e. The van der Waals surface area contributed by atoms with Crippen LogP contribution in [0.5, 0.6) is 0 Å². The number of anilines is 1. The molecular weight excluding hydrogens is 516 g/mol. The summed E-state index contributed by atoms with van der Waals surface area (Å²) in [5, 5.41) is 12.6. The number of pyridine rings is 2. The van der Waals surface area contributed by atoms with Crippen molar-refractivity contribution in [2.24, 2.45) is 5.41 Å². The zero-order chi connectivity index (χ0) is 30.6. The summed E-state index contributed by atoms with van der Waals surface area (Å²) in [6.07, 6.45) is 2.54. The van der Waals surface area contributed by atoms with Crippen molar-refractivity contribution in [2.45, 2.75) is 106 Å². The molecule has 1 unspecified atom stereocenters. The smallest absolute Gasteiger partial charge is 0.407 e.